The highest BCUT2D eigenvalue weighted by Gasteiger charge is 2.04. The van der Waals surface area contributed by atoms with Crippen LogP contribution in [-0.4, -0.2) is 39.3 Å². The van der Waals surface area contributed by atoms with Gasteiger partial charge in [-0.1, -0.05) is 6.07 Å². The van der Waals surface area contributed by atoms with E-state index < -0.39 is 0 Å². The first kappa shape index (κ1) is 12.8. The fourth-order valence-electron chi connectivity index (χ4n) is 1.30. The minimum Gasteiger partial charge on any atom is -0.497 e. The summed E-state index contributed by atoms with van der Waals surface area (Å²) in [7, 11) is 5.67. The van der Waals surface area contributed by atoms with Gasteiger partial charge in [-0.05, 0) is 20.2 Å². The van der Waals surface area contributed by atoms with E-state index in [2.05, 4.69) is 4.90 Å². The molecule has 0 bridgehead atoms. The lowest BCUT2D eigenvalue weighted by Gasteiger charge is -2.14. The summed E-state index contributed by atoms with van der Waals surface area (Å²) in [5.74, 6) is 1.60. The van der Waals surface area contributed by atoms with Crippen molar-refractivity contribution in [2.75, 3.05) is 34.4 Å². The lowest BCUT2D eigenvalue weighted by molar-refractivity contribution is 0.258. The molecule has 1 rings (SSSR count). The molecule has 0 radical (unpaired) electrons. The van der Waals surface area contributed by atoms with Gasteiger partial charge in [-0.25, -0.2) is 0 Å². The maximum atomic E-state index is 5.68. The molecule has 90 valence electrons. The van der Waals surface area contributed by atoms with Crippen LogP contribution in [0.4, 0.5) is 0 Å². The smallest absolute Gasteiger partial charge is 0.127 e. The van der Waals surface area contributed by atoms with Crippen LogP contribution < -0.4 is 15.2 Å². The number of hydrogen-bond donors (Lipinski definition) is 1. The Labute approximate surface area is 96.9 Å². The molecule has 4 heteroatoms. The zero-order valence-corrected chi connectivity index (χ0v) is 10.2. The minimum atomic E-state index is 0.474. The van der Waals surface area contributed by atoms with Crippen molar-refractivity contribution in [3.8, 4) is 11.5 Å². The molecule has 2 N–H and O–H groups in total. The summed E-state index contributed by atoms with van der Waals surface area (Å²) in [4.78, 5) is 2.07. The number of rotatable bonds is 6. The molecule has 0 fully saturated rings. The van der Waals surface area contributed by atoms with Crippen LogP contribution in [0, 0.1) is 0 Å². The fraction of sp³-hybridized carbons (Fsp3) is 0.500. The van der Waals surface area contributed by atoms with Crippen molar-refractivity contribution < 1.29 is 9.47 Å². The Bertz CT molecular complexity index is 327. The maximum Gasteiger partial charge on any atom is 0.127 e. The van der Waals surface area contributed by atoms with Crippen LogP contribution in [0.15, 0.2) is 18.2 Å². The predicted molar refractivity (Wildman–Crippen MR) is 64.9 cm³/mol. The quantitative estimate of drug-likeness (QED) is 0.786. The first-order valence-corrected chi connectivity index (χ1v) is 5.32. The van der Waals surface area contributed by atoms with E-state index in [1.54, 1.807) is 7.11 Å². The second-order valence-electron chi connectivity index (χ2n) is 3.83. The van der Waals surface area contributed by atoms with E-state index in [0.29, 0.717) is 13.2 Å². The Morgan fingerprint density at radius 3 is 2.62 bits per heavy atom. The van der Waals surface area contributed by atoms with Crippen molar-refractivity contribution in [2.24, 2.45) is 5.73 Å². The summed E-state index contributed by atoms with van der Waals surface area (Å²) in [6.45, 7) is 2.00. The second-order valence-corrected chi connectivity index (χ2v) is 3.83. The molecule has 0 aromatic heterocycles. The molecule has 0 aliphatic carbocycles. The third-order valence-electron chi connectivity index (χ3n) is 2.29. The van der Waals surface area contributed by atoms with Gasteiger partial charge >= 0.3 is 0 Å². The summed E-state index contributed by atoms with van der Waals surface area (Å²) in [5.41, 5.74) is 6.64. The number of ether oxygens (including phenoxy) is 2. The van der Waals surface area contributed by atoms with Crippen molar-refractivity contribution in [2.45, 2.75) is 6.54 Å². The van der Waals surface area contributed by atoms with E-state index in [1.807, 2.05) is 32.3 Å². The van der Waals surface area contributed by atoms with Crippen LogP contribution in [0.25, 0.3) is 0 Å². The van der Waals surface area contributed by atoms with E-state index >= 15 is 0 Å². The lowest BCUT2D eigenvalue weighted by atomic mass is 10.2. The molecule has 0 unspecified atom stereocenters. The van der Waals surface area contributed by atoms with Gasteiger partial charge in [0.1, 0.15) is 18.1 Å². The molecule has 0 aliphatic heterocycles. The SMILES string of the molecule is COc1ccc(CN)c(OCCN(C)C)c1. The predicted octanol–water partition coefficient (Wildman–Crippen LogP) is 1.09. The second kappa shape index (κ2) is 6.35. The Morgan fingerprint density at radius 2 is 2.06 bits per heavy atom. The van der Waals surface area contributed by atoms with Gasteiger partial charge in [0, 0.05) is 24.7 Å². The fourth-order valence-corrected chi connectivity index (χ4v) is 1.30. The molecular formula is C12H20N2O2. The van der Waals surface area contributed by atoms with Gasteiger partial charge in [-0.2, -0.15) is 0 Å². The Balaban J connectivity index is 2.67. The molecule has 0 atom stereocenters. The third-order valence-corrected chi connectivity index (χ3v) is 2.29. The number of nitrogens with zero attached hydrogens (tertiary/aromatic N) is 1. The van der Waals surface area contributed by atoms with Crippen molar-refractivity contribution in [1.82, 2.24) is 4.90 Å². The summed E-state index contributed by atoms with van der Waals surface area (Å²) >= 11 is 0. The largest absolute Gasteiger partial charge is 0.497 e. The topological polar surface area (TPSA) is 47.7 Å². The average Bonchev–Trinajstić information content (AvgIpc) is 2.28. The van der Waals surface area contributed by atoms with Crippen LogP contribution in [0.3, 0.4) is 0 Å². The van der Waals surface area contributed by atoms with Crippen LogP contribution in [-0.2, 0) is 6.54 Å². The normalized spacial score (nSPS) is 10.6. The van der Waals surface area contributed by atoms with Crippen molar-refractivity contribution >= 4 is 0 Å². The zero-order valence-electron chi connectivity index (χ0n) is 10.2. The van der Waals surface area contributed by atoms with E-state index in [-0.39, 0.29) is 0 Å². The highest BCUT2D eigenvalue weighted by molar-refractivity contribution is 5.40. The van der Waals surface area contributed by atoms with Gasteiger partial charge in [-0.3, -0.25) is 0 Å². The van der Waals surface area contributed by atoms with Gasteiger partial charge in [0.25, 0.3) is 0 Å². The first-order chi connectivity index (χ1) is 7.67. The number of benzene rings is 1. The maximum absolute atomic E-state index is 5.68. The number of likely N-dealkylation sites (N-methyl/N-ethyl adjacent to an activating group) is 1. The molecule has 4 nitrogen and oxygen atoms in total. The average molecular weight is 224 g/mol. The number of methoxy groups -OCH3 is 1. The monoisotopic (exact) mass is 224 g/mol. The van der Waals surface area contributed by atoms with E-state index in [9.17, 15) is 0 Å². The van der Waals surface area contributed by atoms with Crippen LogP contribution in [0.2, 0.25) is 0 Å². The standard InChI is InChI=1S/C12H20N2O2/c1-14(2)6-7-16-12-8-11(15-3)5-4-10(12)9-13/h4-5,8H,6-7,9,13H2,1-3H3. The summed E-state index contributed by atoms with van der Waals surface area (Å²) in [6, 6.07) is 5.70. The zero-order chi connectivity index (χ0) is 12.0. The van der Waals surface area contributed by atoms with E-state index in [4.69, 9.17) is 15.2 Å². The Morgan fingerprint density at radius 1 is 1.31 bits per heavy atom. The molecule has 1 aromatic rings. The van der Waals surface area contributed by atoms with Crippen LogP contribution >= 0.6 is 0 Å². The molecule has 0 saturated carbocycles. The summed E-state index contributed by atoms with van der Waals surface area (Å²) < 4.78 is 10.8. The number of hydrogen-bond acceptors (Lipinski definition) is 4. The van der Waals surface area contributed by atoms with Crippen molar-refractivity contribution in [3.63, 3.8) is 0 Å². The number of nitrogens with two attached hydrogens (primary N) is 1. The molecule has 16 heavy (non-hydrogen) atoms. The Hall–Kier alpha value is -1.26. The lowest BCUT2D eigenvalue weighted by Crippen LogP contribution is -2.20. The highest BCUT2D eigenvalue weighted by atomic mass is 16.5. The van der Waals surface area contributed by atoms with Crippen molar-refractivity contribution in [3.05, 3.63) is 23.8 Å². The van der Waals surface area contributed by atoms with E-state index in [0.717, 1.165) is 23.6 Å². The minimum absolute atomic E-state index is 0.474. The van der Waals surface area contributed by atoms with Gasteiger partial charge in [0.05, 0.1) is 7.11 Å². The summed E-state index contributed by atoms with van der Waals surface area (Å²) in [5, 5.41) is 0. The molecular weight excluding hydrogens is 204 g/mol. The van der Waals surface area contributed by atoms with Gasteiger partial charge in [0.15, 0.2) is 0 Å². The highest BCUT2D eigenvalue weighted by Crippen LogP contribution is 2.24. The third kappa shape index (κ3) is 3.72. The molecule has 0 spiro atoms. The first-order valence-electron chi connectivity index (χ1n) is 5.32. The van der Waals surface area contributed by atoms with Gasteiger partial charge in [-0.15, -0.1) is 0 Å². The molecule has 1 aromatic carbocycles. The van der Waals surface area contributed by atoms with Crippen LogP contribution in [0.5, 0.6) is 11.5 Å². The molecule has 0 amide bonds. The van der Waals surface area contributed by atoms with Crippen molar-refractivity contribution in [1.29, 1.82) is 0 Å². The van der Waals surface area contributed by atoms with E-state index in [1.165, 1.54) is 0 Å². The summed E-state index contributed by atoms with van der Waals surface area (Å²) in [6.07, 6.45) is 0. The Kier molecular flexibility index (Phi) is 5.08. The van der Waals surface area contributed by atoms with Crippen LogP contribution in [0.1, 0.15) is 5.56 Å². The molecule has 0 saturated heterocycles. The molecule has 0 aliphatic rings. The van der Waals surface area contributed by atoms with Gasteiger partial charge < -0.3 is 20.1 Å². The van der Waals surface area contributed by atoms with Gasteiger partial charge in [0.2, 0.25) is 0 Å². The molecule has 0 heterocycles.